The second-order valence-electron chi connectivity index (χ2n) is 4.28. The topological polar surface area (TPSA) is 38.3 Å². The fraction of sp³-hybridized carbons (Fsp3) is 0.133. The fourth-order valence-electron chi connectivity index (χ4n) is 1.86. The van der Waals surface area contributed by atoms with Crippen LogP contribution in [-0.2, 0) is 9.53 Å². The summed E-state index contributed by atoms with van der Waals surface area (Å²) < 4.78 is 31.8. The van der Waals surface area contributed by atoms with Gasteiger partial charge in [-0.3, -0.25) is 0 Å². The normalized spacial score (nSPS) is 11.8. The van der Waals surface area contributed by atoms with Crippen molar-refractivity contribution in [3.8, 4) is 0 Å². The summed E-state index contributed by atoms with van der Waals surface area (Å²) in [5.74, 6) is -1.82. The maximum Gasteiger partial charge on any atom is 0.333 e. The van der Waals surface area contributed by atoms with Crippen LogP contribution in [0.1, 0.15) is 11.6 Å². The Hall–Kier alpha value is -2.14. The van der Waals surface area contributed by atoms with E-state index in [4.69, 9.17) is 11.6 Å². The molecule has 0 spiro atoms. The third-order valence-corrected chi connectivity index (χ3v) is 3.08. The molecule has 0 radical (unpaired) electrons. The summed E-state index contributed by atoms with van der Waals surface area (Å²) in [5, 5.41) is 2.96. The van der Waals surface area contributed by atoms with Gasteiger partial charge in [0.25, 0.3) is 0 Å². The molecule has 6 heteroatoms. The van der Waals surface area contributed by atoms with Crippen molar-refractivity contribution >= 4 is 23.3 Å². The Bertz CT molecular complexity index is 664. The molecule has 0 aliphatic rings. The number of nitrogens with one attached hydrogen (secondary N) is 1. The van der Waals surface area contributed by atoms with E-state index in [0.29, 0.717) is 5.69 Å². The molecule has 1 N–H and O–H groups in total. The van der Waals surface area contributed by atoms with Crippen molar-refractivity contribution < 1.29 is 18.3 Å². The second kappa shape index (κ2) is 6.54. The van der Waals surface area contributed by atoms with Crippen molar-refractivity contribution in [2.24, 2.45) is 0 Å². The molecule has 110 valence electrons. The Morgan fingerprint density at radius 1 is 1.24 bits per heavy atom. The zero-order valence-electron chi connectivity index (χ0n) is 11.1. The highest BCUT2D eigenvalue weighted by Crippen LogP contribution is 2.25. The van der Waals surface area contributed by atoms with Crippen LogP contribution in [0.5, 0.6) is 0 Å². The summed E-state index contributed by atoms with van der Waals surface area (Å²) in [5.41, 5.74) is 0.398. The van der Waals surface area contributed by atoms with Crippen molar-refractivity contribution in [3.05, 3.63) is 64.7 Å². The van der Waals surface area contributed by atoms with Gasteiger partial charge in [0.15, 0.2) is 6.04 Å². The first kappa shape index (κ1) is 15.3. The lowest BCUT2D eigenvalue weighted by Crippen LogP contribution is -2.23. The van der Waals surface area contributed by atoms with E-state index in [9.17, 15) is 13.6 Å². The van der Waals surface area contributed by atoms with Crippen LogP contribution >= 0.6 is 11.6 Å². The molecule has 21 heavy (non-hydrogen) atoms. The van der Waals surface area contributed by atoms with Crippen LogP contribution in [0.15, 0.2) is 42.5 Å². The van der Waals surface area contributed by atoms with Crippen LogP contribution in [0.3, 0.4) is 0 Å². The summed E-state index contributed by atoms with van der Waals surface area (Å²) in [7, 11) is 1.19. The molecule has 0 amide bonds. The maximum absolute atomic E-state index is 14.0. The highest BCUT2D eigenvalue weighted by molar-refractivity contribution is 6.30. The number of rotatable bonds is 4. The molecule has 0 saturated heterocycles. The van der Waals surface area contributed by atoms with Crippen LogP contribution in [0.4, 0.5) is 14.5 Å². The standard InChI is InChI=1S/C15H12ClF2NO2/c1-21-15(20)14(12-6-5-9(16)7-13(12)18)19-11-4-2-3-10(17)8-11/h2-8,14,19H,1H3. The lowest BCUT2D eigenvalue weighted by Gasteiger charge is -2.18. The van der Waals surface area contributed by atoms with Gasteiger partial charge in [-0.25, -0.2) is 13.6 Å². The van der Waals surface area contributed by atoms with Crippen molar-refractivity contribution in [3.63, 3.8) is 0 Å². The number of ether oxygens (including phenoxy) is 1. The van der Waals surface area contributed by atoms with Crippen LogP contribution in [0.2, 0.25) is 5.02 Å². The molecule has 2 aromatic rings. The number of benzene rings is 2. The fourth-order valence-corrected chi connectivity index (χ4v) is 2.02. The second-order valence-corrected chi connectivity index (χ2v) is 4.71. The van der Waals surface area contributed by atoms with E-state index in [2.05, 4.69) is 10.1 Å². The van der Waals surface area contributed by atoms with Crippen LogP contribution in [0.25, 0.3) is 0 Å². The first-order valence-corrected chi connectivity index (χ1v) is 6.44. The van der Waals surface area contributed by atoms with Crippen molar-refractivity contribution in [2.75, 3.05) is 12.4 Å². The monoisotopic (exact) mass is 311 g/mol. The first-order valence-electron chi connectivity index (χ1n) is 6.06. The van der Waals surface area contributed by atoms with Gasteiger partial charge in [0.1, 0.15) is 11.6 Å². The van der Waals surface area contributed by atoms with E-state index in [1.807, 2.05) is 0 Å². The van der Waals surface area contributed by atoms with Crippen LogP contribution < -0.4 is 5.32 Å². The highest BCUT2D eigenvalue weighted by Gasteiger charge is 2.24. The minimum absolute atomic E-state index is 0.0653. The smallest absolute Gasteiger partial charge is 0.333 e. The molecule has 1 atom stereocenters. The van der Waals surface area contributed by atoms with Gasteiger partial charge in [0.05, 0.1) is 7.11 Å². The molecule has 0 saturated carbocycles. The van der Waals surface area contributed by atoms with Crippen molar-refractivity contribution in [1.29, 1.82) is 0 Å². The number of anilines is 1. The van der Waals surface area contributed by atoms with Crippen molar-refractivity contribution in [1.82, 2.24) is 0 Å². The van der Waals surface area contributed by atoms with Gasteiger partial charge in [-0.15, -0.1) is 0 Å². The maximum atomic E-state index is 14.0. The molecule has 2 aromatic carbocycles. The molecular weight excluding hydrogens is 300 g/mol. The third-order valence-electron chi connectivity index (χ3n) is 2.85. The van der Waals surface area contributed by atoms with Gasteiger partial charge in [-0.2, -0.15) is 0 Å². The lowest BCUT2D eigenvalue weighted by atomic mass is 10.1. The number of carbonyl (C=O) groups excluding carboxylic acids is 1. The molecule has 2 rings (SSSR count). The summed E-state index contributed by atoms with van der Waals surface area (Å²) >= 11 is 5.69. The number of carbonyl (C=O) groups is 1. The molecule has 3 nitrogen and oxygen atoms in total. The zero-order chi connectivity index (χ0) is 15.4. The SMILES string of the molecule is COC(=O)C(Nc1cccc(F)c1)c1ccc(Cl)cc1F. The number of hydrogen-bond acceptors (Lipinski definition) is 3. The van der Waals surface area contributed by atoms with E-state index in [1.165, 1.54) is 37.4 Å². The van der Waals surface area contributed by atoms with Crippen molar-refractivity contribution in [2.45, 2.75) is 6.04 Å². The average molecular weight is 312 g/mol. The molecule has 0 aromatic heterocycles. The van der Waals surface area contributed by atoms with Crippen LogP contribution in [0, 0.1) is 11.6 Å². The van der Waals surface area contributed by atoms with Gasteiger partial charge in [-0.1, -0.05) is 23.7 Å². The largest absolute Gasteiger partial charge is 0.467 e. The molecule has 0 bridgehead atoms. The Labute approximate surface area is 125 Å². The molecule has 1 unspecified atom stereocenters. The summed E-state index contributed by atoms with van der Waals surface area (Å²) in [6, 6.07) is 8.34. The highest BCUT2D eigenvalue weighted by atomic mass is 35.5. The first-order chi connectivity index (χ1) is 10.0. The summed E-state index contributed by atoms with van der Waals surface area (Å²) in [6.07, 6.45) is 0. The van der Waals surface area contributed by atoms with Crippen LogP contribution in [-0.4, -0.2) is 13.1 Å². The zero-order valence-corrected chi connectivity index (χ0v) is 11.8. The third kappa shape index (κ3) is 3.70. The molecule has 0 aliphatic carbocycles. The van der Waals surface area contributed by atoms with E-state index >= 15 is 0 Å². The number of methoxy groups -OCH3 is 1. The van der Waals surface area contributed by atoms with Gasteiger partial charge >= 0.3 is 5.97 Å². The minimum Gasteiger partial charge on any atom is -0.467 e. The Morgan fingerprint density at radius 3 is 2.62 bits per heavy atom. The Kier molecular flexibility index (Phi) is 4.75. The Morgan fingerprint density at radius 2 is 2.00 bits per heavy atom. The molecule has 0 aliphatic heterocycles. The molecule has 0 heterocycles. The average Bonchev–Trinajstić information content (AvgIpc) is 2.45. The number of esters is 1. The molecule has 0 fully saturated rings. The Balaban J connectivity index is 2.37. The quantitative estimate of drug-likeness (QED) is 0.869. The molecular formula is C15H12ClF2NO2. The van der Waals surface area contributed by atoms with E-state index in [1.54, 1.807) is 6.07 Å². The van der Waals surface area contributed by atoms with E-state index in [-0.39, 0.29) is 10.6 Å². The predicted molar refractivity (Wildman–Crippen MR) is 76.2 cm³/mol. The number of hydrogen-bond donors (Lipinski definition) is 1. The summed E-state index contributed by atoms with van der Waals surface area (Å²) in [4.78, 5) is 11.9. The van der Waals surface area contributed by atoms with Gasteiger partial charge < -0.3 is 10.1 Å². The van der Waals surface area contributed by atoms with E-state index in [0.717, 1.165) is 6.07 Å². The minimum atomic E-state index is -1.10. The lowest BCUT2D eigenvalue weighted by molar-refractivity contribution is -0.141. The van der Waals surface area contributed by atoms with Gasteiger partial charge in [0.2, 0.25) is 0 Å². The summed E-state index contributed by atoms with van der Waals surface area (Å²) in [6.45, 7) is 0. The van der Waals surface area contributed by atoms with E-state index < -0.39 is 23.6 Å². The number of halogens is 3. The predicted octanol–water partition coefficient (Wildman–Crippen LogP) is 3.94. The van der Waals surface area contributed by atoms with Gasteiger partial charge in [-0.05, 0) is 30.3 Å². The van der Waals surface area contributed by atoms with Gasteiger partial charge in [0, 0.05) is 16.3 Å².